The Morgan fingerprint density at radius 3 is 2.48 bits per heavy atom. The summed E-state index contributed by atoms with van der Waals surface area (Å²) in [4.78, 5) is 29.4. The molecule has 0 aliphatic heterocycles. The second-order valence-electron chi connectivity index (χ2n) is 6.35. The Morgan fingerprint density at radius 1 is 1.00 bits per heavy atom. The summed E-state index contributed by atoms with van der Waals surface area (Å²) in [6.45, 7) is 4.49. The maximum atomic E-state index is 12.6. The van der Waals surface area contributed by atoms with Gasteiger partial charge < -0.3 is 14.2 Å². The highest BCUT2D eigenvalue weighted by Gasteiger charge is 2.15. The molecule has 2 aromatic carbocycles. The predicted octanol–water partition coefficient (Wildman–Crippen LogP) is 3.51. The molecule has 0 radical (unpaired) electrons. The molecular weight excluding hydrogens is 418 g/mol. The quantitative estimate of drug-likeness (QED) is 0.519. The number of rotatable bonds is 8. The fraction of sp³-hybridized carbons (Fsp3) is 0.227. The number of carbonyl (C=O) groups excluding carboxylic acids is 2. The van der Waals surface area contributed by atoms with E-state index in [1.807, 2.05) is 19.2 Å². The Morgan fingerprint density at radius 2 is 1.77 bits per heavy atom. The number of hydrazine groups is 1. The van der Waals surface area contributed by atoms with Crippen molar-refractivity contribution in [3.63, 3.8) is 0 Å². The summed E-state index contributed by atoms with van der Waals surface area (Å²) < 4.78 is 16.5. The molecule has 1 aromatic heterocycles. The fourth-order valence-electron chi connectivity index (χ4n) is 2.74. The summed E-state index contributed by atoms with van der Waals surface area (Å²) in [5.41, 5.74) is 6.20. The summed E-state index contributed by atoms with van der Waals surface area (Å²) in [6, 6.07) is 11.6. The van der Waals surface area contributed by atoms with Gasteiger partial charge in [-0.1, -0.05) is 12.1 Å². The number of amides is 2. The molecule has 2 N–H and O–H groups in total. The van der Waals surface area contributed by atoms with E-state index in [-0.39, 0.29) is 6.61 Å². The fourth-order valence-corrected chi connectivity index (χ4v) is 3.34. The Kier molecular flexibility index (Phi) is 7.45. The van der Waals surface area contributed by atoms with E-state index in [0.29, 0.717) is 35.0 Å². The zero-order valence-electron chi connectivity index (χ0n) is 17.4. The number of nitrogens with one attached hydrogen (secondary N) is 2. The van der Waals surface area contributed by atoms with Crippen molar-refractivity contribution in [2.24, 2.45) is 0 Å². The molecule has 162 valence electrons. The van der Waals surface area contributed by atoms with Crippen molar-refractivity contribution in [1.82, 2.24) is 15.8 Å². The lowest BCUT2D eigenvalue weighted by molar-refractivity contribution is 0.0844. The summed E-state index contributed by atoms with van der Waals surface area (Å²) >= 11 is 1.53. The van der Waals surface area contributed by atoms with Crippen molar-refractivity contribution in [1.29, 1.82) is 0 Å². The molecule has 3 rings (SSSR count). The number of methoxy groups -OCH3 is 1. The smallest absolute Gasteiger partial charge is 0.273 e. The third-order valence-electron chi connectivity index (χ3n) is 4.19. The monoisotopic (exact) mass is 441 g/mol. The average Bonchev–Trinajstić information content (AvgIpc) is 3.21. The van der Waals surface area contributed by atoms with Gasteiger partial charge in [0.1, 0.15) is 12.4 Å². The summed E-state index contributed by atoms with van der Waals surface area (Å²) in [7, 11) is 1.49. The molecule has 9 heteroatoms. The van der Waals surface area contributed by atoms with Crippen LogP contribution in [0.4, 0.5) is 0 Å². The second-order valence-corrected chi connectivity index (χ2v) is 7.41. The van der Waals surface area contributed by atoms with E-state index in [4.69, 9.17) is 14.2 Å². The Bertz CT molecular complexity index is 1070. The van der Waals surface area contributed by atoms with Crippen LogP contribution in [0.3, 0.4) is 0 Å². The van der Waals surface area contributed by atoms with E-state index in [9.17, 15) is 9.59 Å². The second kappa shape index (κ2) is 10.4. The average molecular weight is 442 g/mol. The molecule has 3 aromatic rings. The minimum absolute atomic E-state index is 0.243. The van der Waals surface area contributed by atoms with Gasteiger partial charge in [0.2, 0.25) is 0 Å². The van der Waals surface area contributed by atoms with Crippen LogP contribution in [0, 0.1) is 6.92 Å². The van der Waals surface area contributed by atoms with Gasteiger partial charge in [0.15, 0.2) is 11.5 Å². The summed E-state index contributed by atoms with van der Waals surface area (Å²) in [5, 5.41) is 2.85. The number of hydrogen-bond acceptors (Lipinski definition) is 7. The van der Waals surface area contributed by atoms with Gasteiger partial charge in [0, 0.05) is 10.9 Å². The van der Waals surface area contributed by atoms with Crippen molar-refractivity contribution in [3.8, 4) is 17.2 Å². The molecule has 0 aliphatic carbocycles. The first-order valence-electron chi connectivity index (χ1n) is 9.56. The molecule has 2 amide bonds. The van der Waals surface area contributed by atoms with E-state index >= 15 is 0 Å². The number of aromatic nitrogens is 1. The van der Waals surface area contributed by atoms with Crippen molar-refractivity contribution in [3.05, 3.63) is 69.7 Å². The first-order chi connectivity index (χ1) is 15.0. The molecular formula is C22H23N3O5S. The van der Waals surface area contributed by atoms with Crippen molar-refractivity contribution in [2.75, 3.05) is 13.7 Å². The SMILES string of the molecule is CCOc1ccc(C(=O)NNC(=O)c2ccccc2OCc2csc(C)n2)cc1OC. The predicted molar refractivity (Wildman–Crippen MR) is 117 cm³/mol. The molecule has 0 bridgehead atoms. The molecule has 0 aliphatic rings. The molecule has 0 saturated heterocycles. The van der Waals surface area contributed by atoms with Crippen molar-refractivity contribution >= 4 is 23.2 Å². The van der Waals surface area contributed by atoms with Gasteiger partial charge in [0.25, 0.3) is 11.8 Å². The number of aryl methyl sites for hydroxylation is 1. The third kappa shape index (κ3) is 5.73. The number of para-hydroxylation sites is 1. The van der Waals surface area contributed by atoms with Crippen molar-refractivity contribution < 1.29 is 23.8 Å². The number of thiazole rings is 1. The van der Waals surface area contributed by atoms with Crippen molar-refractivity contribution in [2.45, 2.75) is 20.5 Å². The topological polar surface area (TPSA) is 98.8 Å². The number of benzene rings is 2. The third-order valence-corrected chi connectivity index (χ3v) is 5.01. The van der Waals surface area contributed by atoms with Gasteiger partial charge in [-0.3, -0.25) is 20.4 Å². The zero-order chi connectivity index (χ0) is 22.2. The Balaban J connectivity index is 1.63. The highest BCUT2D eigenvalue weighted by Crippen LogP contribution is 2.28. The largest absolute Gasteiger partial charge is 0.493 e. The molecule has 0 fully saturated rings. The maximum Gasteiger partial charge on any atom is 0.273 e. The molecule has 1 heterocycles. The van der Waals surface area contributed by atoms with E-state index in [1.54, 1.807) is 42.5 Å². The number of hydrogen-bond donors (Lipinski definition) is 2. The van der Waals surface area contributed by atoms with E-state index in [1.165, 1.54) is 18.4 Å². The van der Waals surface area contributed by atoms with Crippen LogP contribution in [-0.2, 0) is 6.61 Å². The zero-order valence-corrected chi connectivity index (χ0v) is 18.2. The molecule has 31 heavy (non-hydrogen) atoms. The van der Waals surface area contributed by atoms with Crippen LogP contribution in [-0.4, -0.2) is 30.5 Å². The van der Waals surface area contributed by atoms with E-state index in [2.05, 4.69) is 15.8 Å². The Hall–Kier alpha value is -3.59. The van der Waals surface area contributed by atoms with Crippen LogP contribution < -0.4 is 25.1 Å². The highest BCUT2D eigenvalue weighted by molar-refractivity contribution is 7.09. The number of ether oxygens (including phenoxy) is 3. The standard InChI is InChI=1S/C22H23N3O5S/c1-4-29-19-10-9-15(11-20(19)28-3)21(26)24-25-22(27)17-7-5-6-8-18(17)30-12-16-13-31-14(2)23-16/h5-11,13H,4,12H2,1-3H3,(H,24,26)(H,25,27). The van der Waals surface area contributed by atoms with E-state index < -0.39 is 11.8 Å². The highest BCUT2D eigenvalue weighted by atomic mass is 32.1. The van der Waals surface area contributed by atoms with Gasteiger partial charge in [-0.25, -0.2) is 4.98 Å². The van der Waals surface area contributed by atoms with Crippen LogP contribution in [0.25, 0.3) is 0 Å². The van der Waals surface area contributed by atoms with Crippen LogP contribution in [0.2, 0.25) is 0 Å². The summed E-state index contributed by atoms with van der Waals surface area (Å²) in [6.07, 6.45) is 0. The summed E-state index contributed by atoms with van der Waals surface area (Å²) in [5.74, 6) is 0.355. The van der Waals surface area contributed by atoms with Gasteiger partial charge >= 0.3 is 0 Å². The van der Waals surface area contributed by atoms with Crippen LogP contribution in [0.5, 0.6) is 17.2 Å². The van der Waals surface area contributed by atoms with Crippen LogP contribution in [0.15, 0.2) is 47.8 Å². The number of carbonyl (C=O) groups is 2. The molecule has 8 nitrogen and oxygen atoms in total. The minimum Gasteiger partial charge on any atom is -0.493 e. The van der Waals surface area contributed by atoms with Gasteiger partial charge in [-0.15, -0.1) is 11.3 Å². The molecule has 0 atom stereocenters. The molecule has 0 saturated carbocycles. The van der Waals surface area contributed by atoms with E-state index in [0.717, 1.165) is 10.7 Å². The number of nitrogens with zero attached hydrogens (tertiary/aromatic N) is 1. The van der Waals surface area contributed by atoms with Crippen LogP contribution in [0.1, 0.15) is 38.3 Å². The normalized spacial score (nSPS) is 10.3. The Labute approximate surface area is 184 Å². The first kappa shape index (κ1) is 22.1. The van der Waals surface area contributed by atoms with Crippen LogP contribution >= 0.6 is 11.3 Å². The van der Waals surface area contributed by atoms with Gasteiger partial charge in [-0.2, -0.15) is 0 Å². The lowest BCUT2D eigenvalue weighted by Crippen LogP contribution is -2.41. The van der Waals surface area contributed by atoms with Gasteiger partial charge in [-0.05, 0) is 44.2 Å². The minimum atomic E-state index is -0.503. The van der Waals surface area contributed by atoms with Gasteiger partial charge in [0.05, 0.1) is 30.0 Å². The first-order valence-corrected chi connectivity index (χ1v) is 10.4. The molecule has 0 unspecified atom stereocenters. The lowest BCUT2D eigenvalue weighted by atomic mass is 10.2. The lowest BCUT2D eigenvalue weighted by Gasteiger charge is -2.13. The molecule has 0 spiro atoms. The maximum absolute atomic E-state index is 12.6.